The molecule has 0 bridgehead atoms. The number of piperidine rings is 1. The Bertz CT molecular complexity index is 1190. The van der Waals surface area contributed by atoms with Crippen LogP contribution in [-0.4, -0.2) is 34.7 Å². The lowest BCUT2D eigenvalue weighted by molar-refractivity contribution is -0.136. The highest BCUT2D eigenvalue weighted by Gasteiger charge is 2.39. The SMILES string of the molecule is CC(C)(C)c1ccc(C(C)(C)NC(=O)Nc2ccc3c(c2)CN(C2CCC(=O)NC2=O)C3=O)cc1. The molecule has 184 valence electrons. The lowest BCUT2D eigenvalue weighted by Crippen LogP contribution is -2.52. The van der Waals surface area contributed by atoms with E-state index in [9.17, 15) is 19.2 Å². The third-order valence-electron chi connectivity index (χ3n) is 6.68. The van der Waals surface area contributed by atoms with Crippen LogP contribution in [0.3, 0.4) is 0 Å². The van der Waals surface area contributed by atoms with Gasteiger partial charge in [0, 0.05) is 24.2 Å². The Hall–Kier alpha value is -3.68. The van der Waals surface area contributed by atoms with Gasteiger partial charge in [-0.25, -0.2) is 4.79 Å². The number of amides is 5. The molecule has 2 heterocycles. The molecular formula is C27H32N4O4. The Morgan fingerprint density at radius 1 is 0.971 bits per heavy atom. The molecular weight excluding hydrogens is 444 g/mol. The molecule has 0 saturated carbocycles. The number of nitrogens with zero attached hydrogens (tertiary/aromatic N) is 1. The van der Waals surface area contributed by atoms with E-state index < -0.39 is 17.5 Å². The van der Waals surface area contributed by atoms with Gasteiger partial charge in [0.25, 0.3) is 5.91 Å². The normalized spacial score (nSPS) is 18.3. The fourth-order valence-electron chi connectivity index (χ4n) is 4.56. The van der Waals surface area contributed by atoms with E-state index >= 15 is 0 Å². The van der Waals surface area contributed by atoms with Crippen LogP contribution in [0.15, 0.2) is 42.5 Å². The predicted octanol–water partition coefficient (Wildman–Crippen LogP) is 3.80. The van der Waals surface area contributed by atoms with Crippen molar-refractivity contribution in [2.75, 3.05) is 5.32 Å². The second kappa shape index (κ2) is 8.83. The molecule has 8 nitrogen and oxygen atoms in total. The van der Waals surface area contributed by atoms with Gasteiger partial charge in [-0.1, -0.05) is 45.0 Å². The predicted molar refractivity (Wildman–Crippen MR) is 133 cm³/mol. The van der Waals surface area contributed by atoms with Gasteiger partial charge < -0.3 is 15.5 Å². The van der Waals surface area contributed by atoms with Gasteiger partial charge in [0.05, 0.1) is 5.54 Å². The maximum atomic E-state index is 12.8. The molecule has 35 heavy (non-hydrogen) atoms. The zero-order valence-electron chi connectivity index (χ0n) is 20.8. The molecule has 2 aliphatic rings. The van der Waals surface area contributed by atoms with E-state index in [1.54, 1.807) is 18.2 Å². The maximum absolute atomic E-state index is 12.8. The highest BCUT2D eigenvalue weighted by Crippen LogP contribution is 2.30. The summed E-state index contributed by atoms with van der Waals surface area (Å²) < 4.78 is 0. The molecule has 0 aliphatic carbocycles. The Morgan fingerprint density at radius 2 is 1.63 bits per heavy atom. The molecule has 1 fully saturated rings. The van der Waals surface area contributed by atoms with Crippen LogP contribution in [0, 0.1) is 0 Å². The van der Waals surface area contributed by atoms with Gasteiger partial charge >= 0.3 is 6.03 Å². The summed E-state index contributed by atoms with van der Waals surface area (Å²) in [5, 5.41) is 8.17. The summed E-state index contributed by atoms with van der Waals surface area (Å²) in [5.41, 5.74) is 3.44. The van der Waals surface area contributed by atoms with E-state index in [1.807, 2.05) is 26.0 Å². The first-order valence-corrected chi connectivity index (χ1v) is 11.8. The molecule has 8 heteroatoms. The molecule has 2 aromatic rings. The third kappa shape index (κ3) is 5.06. The highest BCUT2D eigenvalue weighted by atomic mass is 16.2. The van der Waals surface area contributed by atoms with E-state index in [-0.39, 0.29) is 36.2 Å². The third-order valence-corrected chi connectivity index (χ3v) is 6.68. The Kier molecular flexibility index (Phi) is 6.17. The van der Waals surface area contributed by atoms with E-state index in [0.717, 1.165) is 11.1 Å². The van der Waals surface area contributed by atoms with Crippen molar-refractivity contribution in [3.8, 4) is 0 Å². The zero-order chi connectivity index (χ0) is 25.5. The minimum Gasteiger partial charge on any atom is -0.329 e. The van der Waals surface area contributed by atoms with E-state index in [1.165, 1.54) is 10.5 Å². The van der Waals surface area contributed by atoms with Crippen LogP contribution < -0.4 is 16.0 Å². The number of rotatable bonds is 4. The number of fused-ring (bicyclic) bond motifs is 1. The molecule has 4 rings (SSSR count). The number of hydrogen-bond donors (Lipinski definition) is 3. The summed E-state index contributed by atoms with van der Waals surface area (Å²) >= 11 is 0. The second-order valence-electron chi connectivity index (χ2n) is 10.8. The smallest absolute Gasteiger partial charge is 0.319 e. The monoisotopic (exact) mass is 476 g/mol. The summed E-state index contributed by atoms with van der Waals surface area (Å²) in [5.74, 6) is -1.01. The number of urea groups is 1. The average Bonchev–Trinajstić information content (AvgIpc) is 3.08. The second-order valence-corrected chi connectivity index (χ2v) is 10.8. The van der Waals surface area contributed by atoms with Gasteiger partial charge in [0.15, 0.2) is 0 Å². The number of benzene rings is 2. The molecule has 1 atom stereocenters. The number of hydrogen-bond acceptors (Lipinski definition) is 4. The average molecular weight is 477 g/mol. The molecule has 0 spiro atoms. The minimum atomic E-state index is -0.669. The highest BCUT2D eigenvalue weighted by molar-refractivity contribution is 6.05. The van der Waals surface area contributed by atoms with Crippen LogP contribution in [0.25, 0.3) is 0 Å². The van der Waals surface area contributed by atoms with Crippen molar-refractivity contribution >= 4 is 29.4 Å². The van der Waals surface area contributed by atoms with Gasteiger partial charge in [0.1, 0.15) is 6.04 Å². The number of nitrogens with one attached hydrogen (secondary N) is 3. The van der Waals surface area contributed by atoms with Crippen molar-refractivity contribution in [1.29, 1.82) is 0 Å². The van der Waals surface area contributed by atoms with Crippen LogP contribution in [0.5, 0.6) is 0 Å². The fraction of sp³-hybridized carbons (Fsp3) is 0.407. The van der Waals surface area contributed by atoms with Crippen molar-refractivity contribution in [3.05, 3.63) is 64.7 Å². The van der Waals surface area contributed by atoms with Gasteiger partial charge in [-0.2, -0.15) is 0 Å². The molecule has 1 saturated heterocycles. The van der Waals surface area contributed by atoms with E-state index in [4.69, 9.17) is 0 Å². The maximum Gasteiger partial charge on any atom is 0.319 e. The number of carbonyl (C=O) groups excluding carboxylic acids is 4. The number of imide groups is 1. The quantitative estimate of drug-likeness (QED) is 0.584. The van der Waals surface area contributed by atoms with Crippen molar-refractivity contribution < 1.29 is 19.2 Å². The van der Waals surface area contributed by atoms with Crippen LogP contribution in [0.4, 0.5) is 10.5 Å². The number of anilines is 1. The molecule has 3 N–H and O–H groups in total. The lowest BCUT2D eigenvalue weighted by Gasteiger charge is -2.29. The van der Waals surface area contributed by atoms with Crippen LogP contribution in [0.1, 0.15) is 74.5 Å². The topological polar surface area (TPSA) is 108 Å². The largest absolute Gasteiger partial charge is 0.329 e. The summed E-state index contributed by atoms with van der Waals surface area (Å²) in [6, 6.07) is 12.3. The van der Waals surface area contributed by atoms with Crippen molar-refractivity contribution in [3.63, 3.8) is 0 Å². The zero-order valence-corrected chi connectivity index (χ0v) is 20.8. The lowest BCUT2D eigenvalue weighted by atomic mass is 9.84. The van der Waals surface area contributed by atoms with Gasteiger partial charge in [0.2, 0.25) is 11.8 Å². The van der Waals surface area contributed by atoms with E-state index in [0.29, 0.717) is 17.7 Å². The standard InChI is InChI=1S/C27H32N4O4/c1-26(2,3)17-6-8-18(9-7-17)27(4,5)30-25(35)28-19-10-11-20-16(14-19)15-31(24(20)34)21-12-13-22(32)29-23(21)33/h6-11,14,21H,12-13,15H2,1-5H3,(H2,28,30,35)(H,29,32,33). The van der Waals surface area contributed by atoms with Crippen molar-refractivity contribution in [1.82, 2.24) is 15.5 Å². The first-order chi connectivity index (χ1) is 16.3. The molecule has 1 unspecified atom stereocenters. The first-order valence-electron chi connectivity index (χ1n) is 11.8. The summed E-state index contributed by atoms with van der Waals surface area (Å²) in [6.07, 6.45) is 0.516. The molecule has 2 aromatic carbocycles. The molecule has 0 aromatic heterocycles. The van der Waals surface area contributed by atoms with Crippen LogP contribution in [-0.2, 0) is 27.1 Å². The summed E-state index contributed by atoms with van der Waals surface area (Å²) in [7, 11) is 0. The molecule has 0 radical (unpaired) electrons. The Labute approximate surface area is 205 Å². The number of carbonyl (C=O) groups is 4. The Morgan fingerprint density at radius 3 is 2.26 bits per heavy atom. The van der Waals surface area contributed by atoms with E-state index in [2.05, 4.69) is 48.9 Å². The van der Waals surface area contributed by atoms with Gasteiger partial charge in [-0.15, -0.1) is 0 Å². The summed E-state index contributed by atoms with van der Waals surface area (Å²) in [4.78, 5) is 50.8. The van der Waals surface area contributed by atoms with Crippen LogP contribution in [0.2, 0.25) is 0 Å². The van der Waals surface area contributed by atoms with Crippen molar-refractivity contribution in [2.24, 2.45) is 0 Å². The minimum absolute atomic E-state index is 0.0518. The Balaban J connectivity index is 1.42. The first kappa shape index (κ1) is 24.4. The van der Waals surface area contributed by atoms with Crippen LogP contribution >= 0.6 is 0 Å². The fourth-order valence-corrected chi connectivity index (χ4v) is 4.56. The van der Waals surface area contributed by atoms with Gasteiger partial charge in [-0.3, -0.25) is 19.7 Å². The van der Waals surface area contributed by atoms with Crippen molar-refractivity contribution in [2.45, 2.75) is 71.0 Å². The molecule has 2 aliphatic heterocycles. The molecule has 5 amide bonds. The van der Waals surface area contributed by atoms with Gasteiger partial charge in [-0.05, 0) is 60.6 Å². The summed E-state index contributed by atoms with van der Waals surface area (Å²) in [6.45, 7) is 10.6.